The maximum absolute atomic E-state index is 11.9. The minimum atomic E-state index is -0.133. The zero-order valence-corrected chi connectivity index (χ0v) is 12.8. The molecule has 1 amide bonds. The van der Waals surface area contributed by atoms with E-state index in [1.807, 2.05) is 31.2 Å². The summed E-state index contributed by atoms with van der Waals surface area (Å²) in [5.41, 5.74) is 1.71. The van der Waals surface area contributed by atoms with Gasteiger partial charge in [0.15, 0.2) is 6.10 Å². The second-order valence-electron chi connectivity index (χ2n) is 4.89. The number of hydrogen-bond donors (Lipinski definition) is 0. The van der Waals surface area contributed by atoms with Gasteiger partial charge in [0, 0.05) is 30.0 Å². The highest BCUT2D eigenvalue weighted by Gasteiger charge is 2.26. The molecule has 1 atom stereocenters. The first-order valence-electron chi connectivity index (χ1n) is 7.02. The van der Waals surface area contributed by atoms with Crippen LogP contribution in [-0.2, 0) is 9.63 Å². The summed E-state index contributed by atoms with van der Waals surface area (Å²) in [5, 5.41) is 4.78. The molecule has 1 aromatic carbocycles. The minimum absolute atomic E-state index is 0.0877. The number of carbonyl (C=O) groups is 1. The number of oxime groups is 1. The van der Waals surface area contributed by atoms with Crippen molar-refractivity contribution in [1.29, 1.82) is 0 Å². The van der Waals surface area contributed by atoms with E-state index < -0.39 is 0 Å². The third-order valence-electron chi connectivity index (χ3n) is 3.35. The molecule has 0 unspecified atom stereocenters. The van der Waals surface area contributed by atoms with Gasteiger partial charge in [0.05, 0.1) is 12.3 Å². The summed E-state index contributed by atoms with van der Waals surface area (Å²) in [5.74, 6) is 0.0877. The van der Waals surface area contributed by atoms with Crippen LogP contribution < -0.4 is 0 Å². The van der Waals surface area contributed by atoms with Gasteiger partial charge >= 0.3 is 0 Å². The van der Waals surface area contributed by atoms with E-state index in [0.717, 1.165) is 11.3 Å². The number of halogens is 1. The smallest absolute Gasteiger partial charge is 0.222 e. The zero-order chi connectivity index (χ0) is 15.2. The SMILES string of the molecule is C=CCN(C[C@H]1CC(c2ccccc2Cl)=NO1)C(=O)CC. The Morgan fingerprint density at radius 1 is 1.57 bits per heavy atom. The molecule has 5 heteroatoms. The third kappa shape index (κ3) is 3.85. The molecule has 1 aliphatic rings. The third-order valence-corrected chi connectivity index (χ3v) is 3.68. The van der Waals surface area contributed by atoms with Crippen LogP contribution in [0, 0.1) is 0 Å². The van der Waals surface area contributed by atoms with E-state index >= 15 is 0 Å². The first-order chi connectivity index (χ1) is 10.2. The molecule has 21 heavy (non-hydrogen) atoms. The molecule has 4 nitrogen and oxygen atoms in total. The lowest BCUT2D eigenvalue weighted by atomic mass is 10.0. The van der Waals surface area contributed by atoms with Crippen molar-refractivity contribution in [1.82, 2.24) is 4.90 Å². The Morgan fingerprint density at radius 2 is 2.33 bits per heavy atom. The molecular formula is C16H19ClN2O2. The van der Waals surface area contributed by atoms with Crippen molar-refractivity contribution in [3.63, 3.8) is 0 Å². The highest BCUT2D eigenvalue weighted by molar-refractivity contribution is 6.34. The van der Waals surface area contributed by atoms with Gasteiger partial charge in [0.25, 0.3) is 0 Å². The van der Waals surface area contributed by atoms with E-state index in [1.54, 1.807) is 11.0 Å². The van der Waals surface area contributed by atoms with E-state index in [0.29, 0.717) is 31.0 Å². The van der Waals surface area contributed by atoms with Crippen LogP contribution in [-0.4, -0.2) is 35.7 Å². The van der Waals surface area contributed by atoms with Crippen LogP contribution in [0.2, 0.25) is 5.02 Å². The van der Waals surface area contributed by atoms with Crippen LogP contribution in [0.3, 0.4) is 0 Å². The Hall–Kier alpha value is -1.81. The minimum Gasteiger partial charge on any atom is -0.390 e. The van der Waals surface area contributed by atoms with Gasteiger partial charge in [-0.15, -0.1) is 6.58 Å². The van der Waals surface area contributed by atoms with Crippen molar-refractivity contribution in [2.45, 2.75) is 25.9 Å². The number of hydrogen-bond acceptors (Lipinski definition) is 3. The number of benzene rings is 1. The highest BCUT2D eigenvalue weighted by Crippen LogP contribution is 2.23. The average molecular weight is 307 g/mol. The molecule has 0 spiro atoms. The van der Waals surface area contributed by atoms with E-state index in [1.165, 1.54) is 0 Å². The van der Waals surface area contributed by atoms with Gasteiger partial charge in [-0.2, -0.15) is 0 Å². The molecule has 1 aliphatic heterocycles. The van der Waals surface area contributed by atoms with Crippen molar-refractivity contribution in [2.24, 2.45) is 5.16 Å². The lowest BCUT2D eigenvalue weighted by molar-refractivity contribution is -0.132. The Balaban J connectivity index is 1.99. The highest BCUT2D eigenvalue weighted by atomic mass is 35.5. The van der Waals surface area contributed by atoms with Gasteiger partial charge in [-0.1, -0.05) is 48.0 Å². The molecule has 0 aromatic heterocycles. The molecule has 0 N–H and O–H groups in total. The zero-order valence-electron chi connectivity index (χ0n) is 12.1. The van der Waals surface area contributed by atoms with Crippen LogP contribution in [0.1, 0.15) is 25.3 Å². The maximum atomic E-state index is 11.9. The number of nitrogens with zero attached hydrogens (tertiary/aromatic N) is 2. The number of carbonyl (C=O) groups excluding carboxylic acids is 1. The molecule has 0 radical (unpaired) electrons. The Bertz CT molecular complexity index is 557. The van der Waals surface area contributed by atoms with Crippen LogP contribution >= 0.6 is 11.6 Å². The largest absolute Gasteiger partial charge is 0.390 e. The summed E-state index contributed by atoms with van der Waals surface area (Å²) in [7, 11) is 0. The van der Waals surface area contributed by atoms with Crippen LogP contribution in [0.4, 0.5) is 0 Å². The topological polar surface area (TPSA) is 41.9 Å². The molecule has 0 fully saturated rings. The Labute approximate surface area is 130 Å². The van der Waals surface area contributed by atoms with Crippen molar-refractivity contribution in [3.8, 4) is 0 Å². The summed E-state index contributed by atoms with van der Waals surface area (Å²) in [6.07, 6.45) is 2.71. The van der Waals surface area contributed by atoms with Gasteiger partial charge in [-0.05, 0) is 6.07 Å². The molecule has 0 saturated heterocycles. The monoisotopic (exact) mass is 306 g/mol. The van der Waals surface area contributed by atoms with Crippen LogP contribution in [0.15, 0.2) is 42.1 Å². The Kier molecular flexibility index (Phi) is 5.39. The first-order valence-corrected chi connectivity index (χ1v) is 7.39. The summed E-state index contributed by atoms with van der Waals surface area (Å²) >= 11 is 6.17. The summed E-state index contributed by atoms with van der Waals surface area (Å²) in [6.45, 7) is 6.56. The lowest BCUT2D eigenvalue weighted by Gasteiger charge is -2.22. The van der Waals surface area contributed by atoms with Crippen molar-refractivity contribution < 1.29 is 9.63 Å². The van der Waals surface area contributed by atoms with Gasteiger partial charge in [-0.25, -0.2) is 0 Å². The number of amides is 1. The molecule has 0 saturated carbocycles. The van der Waals surface area contributed by atoms with Gasteiger partial charge < -0.3 is 9.74 Å². The molecule has 1 aromatic rings. The summed E-state index contributed by atoms with van der Waals surface area (Å²) < 4.78 is 0. The van der Waals surface area contributed by atoms with E-state index in [9.17, 15) is 4.79 Å². The molecule has 0 bridgehead atoms. The Morgan fingerprint density at radius 3 is 3.00 bits per heavy atom. The quantitative estimate of drug-likeness (QED) is 0.757. The van der Waals surface area contributed by atoms with E-state index in [4.69, 9.17) is 16.4 Å². The second-order valence-corrected chi connectivity index (χ2v) is 5.30. The summed E-state index contributed by atoms with van der Waals surface area (Å²) in [6, 6.07) is 7.55. The van der Waals surface area contributed by atoms with Gasteiger partial charge in [0.2, 0.25) is 5.91 Å². The molecule has 2 rings (SSSR count). The second kappa shape index (κ2) is 7.27. The van der Waals surface area contributed by atoms with Crippen molar-refractivity contribution in [3.05, 3.63) is 47.5 Å². The van der Waals surface area contributed by atoms with Crippen LogP contribution in [0.25, 0.3) is 0 Å². The molecule has 1 heterocycles. The van der Waals surface area contributed by atoms with Crippen molar-refractivity contribution >= 4 is 23.2 Å². The standard InChI is InChI=1S/C16H19ClN2O2/c1-3-9-19(16(20)4-2)11-12-10-15(18-21-12)13-7-5-6-8-14(13)17/h3,5-8,12H,1,4,9-11H2,2H3/t12-/m1/s1. The fourth-order valence-corrected chi connectivity index (χ4v) is 2.53. The fourth-order valence-electron chi connectivity index (χ4n) is 2.28. The predicted molar refractivity (Wildman–Crippen MR) is 84.5 cm³/mol. The van der Waals surface area contributed by atoms with E-state index in [2.05, 4.69) is 11.7 Å². The summed E-state index contributed by atoms with van der Waals surface area (Å²) in [4.78, 5) is 19.0. The maximum Gasteiger partial charge on any atom is 0.222 e. The predicted octanol–water partition coefficient (Wildman–Crippen LogP) is 3.26. The molecule has 0 aliphatic carbocycles. The van der Waals surface area contributed by atoms with Crippen molar-refractivity contribution in [2.75, 3.05) is 13.1 Å². The van der Waals surface area contributed by atoms with Gasteiger partial charge in [0.1, 0.15) is 0 Å². The first kappa shape index (κ1) is 15.6. The molecule has 112 valence electrons. The van der Waals surface area contributed by atoms with Crippen LogP contribution in [0.5, 0.6) is 0 Å². The fraction of sp³-hybridized carbons (Fsp3) is 0.375. The lowest BCUT2D eigenvalue weighted by Crippen LogP contribution is -2.37. The normalized spacial score (nSPS) is 17.0. The average Bonchev–Trinajstić information content (AvgIpc) is 2.95. The van der Waals surface area contributed by atoms with E-state index in [-0.39, 0.29) is 12.0 Å². The van der Waals surface area contributed by atoms with Gasteiger partial charge in [-0.3, -0.25) is 4.79 Å². The molecular weight excluding hydrogens is 288 g/mol. The number of rotatable bonds is 6.